The van der Waals surface area contributed by atoms with Gasteiger partial charge in [-0.1, -0.05) is 0 Å². The first-order chi connectivity index (χ1) is 9.50. The summed E-state index contributed by atoms with van der Waals surface area (Å²) < 4.78 is 37.9. The lowest BCUT2D eigenvalue weighted by atomic mass is 10.1. The molecule has 0 aliphatic carbocycles. The molecule has 0 spiro atoms. The molecule has 1 N–H and O–H groups in total. The quantitative estimate of drug-likeness (QED) is 0.932. The van der Waals surface area contributed by atoms with E-state index in [0.29, 0.717) is 12.2 Å². The van der Waals surface area contributed by atoms with Crippen molar-refractivity contribution in [2.75, 3.05) is 5.32 Å². The van der Waals surface area contributed by atoms with E-state index in [1.807, 2.05) is 0 Å². The van der Waals surface area contributed by atoms with Crippen molar-refractivity contribution in [1.29, 1.82) is 5.26 Å². The maximum Gasteiger partial charge on any atom is 0.417 e. The van der Waals surface area contributed by atoms with Crippen molar-refractivity contribution in [2.45, 2.75) is 12.7 Å². The maximum atomic E-state index is 12.6. The minimum atomic E-state index is -4.52. The standard InChI is InChI=1S/C14H10F3N3/c15-14(16,17)13-2-1-12(7-11(13)8-18)20-9-10-3-5-19-6-4-10/h1-7,20H,9H2. The Hall–Kier alpha value is -2.55. The van der Waals surface area contributed by atoms with Crippen LogP contribution >= 0.6 is 0 Å². The number of hydrogen-bond donors (Lipinski definition) is 1. The molecule has 2 aromatic rings. The van der Waals surface area contributed by atoms with E-state index >= 15 is 0 Å². The Labute approximate surface area is 113 Å². The van der Waals surface area contributed by atoms with Gasteiger partial charge in [0.05, 0.1) is 17.2 Å². The highest BCUT2D eigenvalue weighted by molar-refractivity contribution is 5.53. The third-order valence-electron chi connectivity index (χ3n) is 2.69. The summed E-state index contributed by atoms with van der Waals surface area (Å²) in [6.45, 7) is 0.443. The number of rotatable bonds is 3. The van der Waals surface area contributed by atoms with Crippen molar-refractivity contribution < 1.29 is 13.2 Å². The molecule has 0 saturated carbocycles. The predicted octanol–water partition coefficient (Wildman–Crippen LogP) is 3.58. The number of hydrogen-bond acceptors (Lipinski definition) is 3. The minimum Gasteiger partial charge on any atom is -0.381 e. The van der Waals surface area contributed by atoms with Crippen LogP contribution in [0.3, 0.4) is 0 Å². The number of nitrogens with one attached hydrogen (secondary N) is 1. The van der Waals surface area contributed by atoms with Gasteiger partial charge in [0, 0.05) is 24.6 Å². The topological polar surface area (TPSA) is 48.7 Å². The Bertz CT molecular complexity index is 630. The minimum absolute atomic E-state index is 0.391. The van der Waals surface area contributed by atoms with E-state index in [4.69, 9.17) is 5.26 Å². The highest BCUT2D eigenvalue weighted by atomic mass is 19.4. The summed E-state index contributed by atoms with van der Waals surface area (Å²) in [7, 11) is 0. The second-order valence-electron chi connectivity index (χ2n) is 4.08. The number of alkyl halides is 3. The molecule has 0 aliphatic heterocycles. The number of nitriles is 1. The number of anilines is 1. The molecule has 0 saturated heterocycles. The third-order valence-corrected chi connectivity index (χ3v) is 2.69. The van der Waals surface area contributed by atoms with Gasteiger partial charge < -0.3 is 5.32 Å². The Balaban J connectivity index is 2.17. The lowest BCUT2D eigenvalue weighted by Crippen LogP contribution is -2.08. The van der Waals surface area contributed by atoms with E-state index in [9.17, 15) is 13.2 Å². The molecule has 0 radical (unpaired) electrons. The van der Waals surface area contributed by atoms with E-state index in [0.717, 1.165) is 11.6 Å². The van der Waals surface area contributed by atoms with Crippen LogP contribution in [0.25, 0.3) is 0 Å². The summed E-state index contributed by atoms with van der Waals surface area (Å²) >= 11 is 0. The highest BCUT2D eigenvalue weighted by Gasteiger charge is 2.33. The van der Waals surface area contributed by atoms with Gasteiger partial charge in [0.25, 0.3) is 0 Å². The van der Waals surface area contributed by atoms with Crippen molar-refractivity contribution in [3.63, 3.8) is 0 Å². The molecule has 2 rings (SSSR count). The van der Waals surface area contributed by atoms with Gasteiger partial charge in [-0.05, 0) is 35.9 Å². The molecule has 0 unspecified atom stereocenters. The average molecular weight is 277 g/mol. The van der Waals surface area contributed by atoms with E-state index in [2.05, 4.69) is 10.3 Å². The zero-order chi connectivity index (χ0) is 14.6. The van der Waals surface area contributed by atoms with Gasteiger partial charge in [-0.15, -0.1) is 0 Å². The maximum absolute atomic E-state index is 12.6. The molecule has 0 amide bonds. The lowest BCUT2D eigenvalue weighted by molar-refractivity contribution is -0.137. The molecular weight excluding hydrogens is 267 g/mol. The van der Waals surface area contributed by atoms with Crippen LogP contribution in [0.4, 0.5) is 18.9 Å². The van der Waals surface area contributed by atoms with Gasteiger partial charge in [-0.2, -0.15) is 18.4 Å². The summed E-state index contributed by atoms with van der Waals surface area (Å²) in [6, 6.07) is 8.58. The number of benzene rings is 1. The Morgan fingerprint density at radius 1 is 1.15 bits per heavy atom. The number of pyridine rings is 1. The molecule has 3 nitrogen and oxygen atoms in total. The fourth-order valence-electron chi connectivity index (χ4n) is 1.70. The van der Waals surface area contributed by atoms with Crippen molar-refractivity contribution >= 4 is 5.69 Å². The van der Waals surface area contributed by atoms with Crippen LogP contribution in [0.15, 0.2) is 42.7 Å². The van der Waals surface area contributed by atoms with Gasteiger partial charge >= 0.3 is 6.18 Å². The Morgan fingerprint density at radius 3 is 2.45 bits per heavy atom. The molecule has 1 aromatic carbocycles. The lowest BCUT2D eigenvalue weighted by Gasteiger charge is -2.11. The van der Waals surface area contributed by atoms with Crippen LogP contribution in [0.5, 0.6) is 0 Å². The average Bonchev–Trinajstić information content (AvgIpc) is 2.45. The number of nitrogens with zero attached hydrogens (tertiary/aromatic N) is 2. The fourth-order valence-corrected chi connectivity index (χ4v) is 1.70. The Kier molecular flexibility index (Phi) is 3.89. The zero-order valence-corrected chi connectivity index (χ0v) is 10.3. The monoisotopic (exact) mass is 277 g/mol. The number of halogens is 3. The summed E-state index contributed by atoms with van der Waals surface area (Å²) in [5.74, 6) is 0. The molecule has 0 bridgehead atoms. The van der Waals surface area contributed by atoms with Crippen LogP contribution in [-0.2, 0) is 12.7 Å². The smallest absolute Gasteiger partial charge is 0.381 e. The third kappa shape index (κ3) is 3.26. The normalized spacial score (nSPS) is 10.9. The molecule has 0 aliphatic rings. The summed E-state index contributed by atoms with van der Waals surface area (Å²) in [5.41, 5.74) is 0.0939. The van der Waals surface area contributed by atoms with E-state index in [1.165, 1.54) is 12.1 Å². The Morgan fingerprint density at radius 2 is 1.85 bits per heavy atom. The van der Waals surface area contributed by atoms with Gasteiger partial charge in [0.2, 0.25) is 0 Å². The van der Waals surface area contributed by atoms with Crippen molar-refractivity contribution in [2.24, 2.45) is 0 Å². The van der Waals surface area contributed by atoms with Gasteiger partial charge in [0.1, 0.15) is 0 Å². The van der Waals surface area contributed by atoms with E-state index in [1.54, 1.807) is 30.6 Å². The van der Waals surface area contributed by atoms with Crippen LogP contribution in [-0.4, -0.2) is 4.98 Å². The van der Waals surface area contributed by atoms with Gasteiger partial charge in [-0.25, -0.2) is 0 Å². The first-order valence-corrected chi connectivity index (χ1v) is 5.75. The summed E-state index contributed by atoms with van der Waals surface area (Å²) in [5, 5.41) is 11.8. The molecule has 0 fully saturated rings. The summed E-state index contributed by atoms with van der Waals surface area (Å²) in [6.07, 6.45) is -1.26. The molecule has 20 heavy (non-hydrogen) atoms. The highest BCUT2D eigenvalue weighted by Crippen LogP contribution is 2.33. The SMILES string of the molecule is N#Cc1cc(NCc2ccncc2)ccc1C(F)(F)F. The molecule has 1 heterocycles. The fraction of sp³-hybridized carbons (Fsp3) is 0.143. The molecule has 102 valence electrons. The van der Waals surface area contributed by atoms with E-state index in [-0.39, 0.29) is 0 Å². The van der Waals surface area contributed by atoms with Gasteiger partial charge in [-0.3, -0.25) is 4.98 Å². The molecule has 0 atom stereocenters. The summed E-state index contributed by atoms with van der Waals surface area (Å²) in [4.78, 5) is 3.87. The second-order valence-corrected chi connectivity index (χ2v) is 4.08. The first kappa shape index (κ1) is 13.9. The molecule has 1 aromatic heterocycles. The van der Waals surface area contributed by atoms with Crippen LogP contribution in [0.2, 0.25) is 0 Å². The number of aromatic nitrogens is 1. The molecule has 6 heteroatoms. The van der Waals surface area contributed by atoms with Crippen LogP contribution < -0.4 is 5.32 Å². The largest absolute Gasteiger partial charge is 0.417 e. The van der Waals surface area contributed by atoms with Crippen molar-refractivity contribution in [1.82, 2.24) is 4.98 Å². The van der Waals surface area contributed by atoms with E-state index < -0.39 is 17.3 Å². The first-order valence-electron chi connectivity index (χ1n) is 5.75. The van der Waals surface area contributed by atoms with Crippen molar-refractivity contribution in [3.05, 3.63) is 59.4 Å². The van der Waals surface area contributed by atoms with Crippen LogP contribution in [0, 0.1) is 11.3 Å². The zero-order valence-electron chi connectivity index (χ0n) is 10.3. The second kappa shape index (κ2) is 5.61. The predicted molar refractivity (Wildman–Crippen MR) is 67.7 cm³/mol. The van der Waals surface area contributed by atoms with Crippen molar-refractivity contribution in [3.8, 4) is 6.07 Å². The molecular formula is C14H10F3N3. The van der Waals surface area contributed by atoms with Crippen LogP contribution in [0.1, 0.15) is 16.7 Å². The van der Waals surface area contributed by atoms with Gasteiger partial charge in [0.15, 0.2) is 0 Å².